The Morgan fingerprint density at radius 1 is 0.829 bits per heavy atom. The molecule has 7 rings (SSSR count). The summed E-state index contributed by atoms with van der Waals surface area (Å²) in [5.74, 6) is -2.26. The van der Waals surface area contributed by atoms with E-state index < -0.39 is 29.9 Å². The highest BCUT2D eigenvalue weighted by Gasteiger charge is 2.45. The summed E-state index contributed by atoms with van der Waals surface area (Å²) in [4.78, 5) is 84.8. The zero-order valence-electron chi connectivity index (χ0n) is 39.7. The number of halogens is 1. The Morgan fingerprint density at radius 3 is 2.19 bits per heavy atom. The number of benzene rings is 2. The summed E-state index contributed by atoms with van der Waals surface area (Å²) < 4.78 is 41.8. The minimum atomic E-state index is -1.32. The van der Waals surface area contributed by atoms with Crippen LogP contribution in [0, 0.1) is 19.7 Å². The van der Waals surface area contributed by atoms with Crippen LogP contribution in [0.5, 0.6) is 0 Å². The Kier molecular flexibility index (Phi) is 18.6. The third kappa shape index (κ3) is 13.2. The number of rotatable bonds is 26. The van der Waals surface area contributed by atoms with Gasteiger partial charge in [0.1, 0.15) is 12.0 Å². The summed E-state index contributed by atoms with van der Waals surface area (Å²) in [7, 11) is 0. The summed E-state index contributed by atoms with van der Waals surface area (Å²) in [5.41, 5.74) is 4.84. The number of fused-ring (bicyclic) bond motifs is 2. The molecule has 70 heavy (non-hydrogen) atoms. The summed E-state index contributed by atoms with van der Waals surface area (Å²) in [6.45, 7) is 11.7. The molecule has 20 nitrogen and oxygen atoms in total. The van der Waals surface area contributed by atoms with Crippen LogP contribution in [0.2, 0.25) is 0 Å². The largest absolute Gasteiger partial charge is 0.382 e. The fourth-order valence-corrected chi connectivity index (χ4v) is 8.87. The van der Waals surface area contributed by atoms with Crippen LogP contribution >= 0.6 is 0 Å². The zero-order chi connectivity index (χ0) is 49.6. The number of carbonyl (C=O) groups excluding carboxylic acids is 6. The Hall–Kier alpha value is -6.07. The van der Waals surface area contributed by atoms with Crippen LogP contribution in [-0.2, 0) is 38.1 Å². The number of nitrogens with one attached hydrogen (secondary N) is 5. The molecule has 0 spiro atoms. The molecule has 3 aromatic rings. The highest BCUT2D eigenvalue weighted by molar-refractivity contribution is 6.35. The fraction of sp³-hybridized carbons (Fsp3) is 0.510. The van der Waals surface area contributed by atoms with E-state index in [1.54, 1.807) is 31.2 Å². The number of ether oxygens (including phenoxy) is 5. The standard InChI is InChI=1S/C49H63FN8O12/c1-31-39(30-36-35-29-33(50)7-8-37(35)54-45(36)61)53-32(2)43(31)47(63)52-12-4-14-56-15-17-57(18-16-56)42(60)11-19-66-21-23-68-25-27-70-28-26-69-24-22-67-20-13-51-38-6-3-5-34-44(38)49(65)58(48(34)64)40-9-10-41(59)55-46(40)62/h3,5-8,29-30,40,46,51,53,62H,4,9-28H2,1-2H3,(H,52,63)(H,54,61)(H,55,59)/b36-30-. The molecule has 21 heteroatoms. The molecule has 4 aliphatic heterocycles. The molecule has 5 heterocycles. The second-order valence-corrected chi connectivity index (χ2v) is 17.3. The number of aromatic nitrogens is 1. The van der Waals surface area contributed by atoms with Crippen molar-refractivity contribution in [3.8, 4) is 0 Å². The molecule has 6 N–H and O–H groups in total. The molecule has 4 aliphatic rings. The number of aromatic amines is 1. The molecule has 0 saturated carbocycles. The number of aryl methyl sites for hydroxylation is 1. The van der Waals surface area contributed by atoms with E-state index in [0.717, 1.165) is 31.0 Å². The fourth-order valence-electron chi connectivity index (χ4n) is 8.87. The van der Waals surface area contributed by atoms with Gasteiger partial charge in [-0.05, 0) is 75.2 Å². The molecule has 2 unspecified atom stereocenters. The van der Waals surface area contributed by atoms with Gasteiger partial charge in [-0.3, -0.25) is 38.6 Å². The number of aliphatic hydroxyl groups excluding tert-OH is 1. The van der Waals surface area contributed by atoms with Gasteiger partial charge in [0, 0.05) is 74.0 Å². The third-order valence-electron chi connectivity index (χ3n) is 12.5. The highest BCUT2D eigenvalue weighted by atomic mass is 19.1. The van der Waals surface area contributed by atoms with Crippen LogP contribution in [0.4, 0.5) is 15.8 Å². The van der Waals surface area contributed by atoms with Gasteiger partial charge in [0.25, 0.3) is 23.6 Å². The van der Waals surface area contributed by atoms with E-state index in [0.29, 0.717) is 144 Å². The minimum Gasteiger partial charge on any atom is -0.382 e. The van der Waals surface area contributed by atoms with Crippen molar-refractivity contribution < 1.29 is 61.9 Å². The van der Waals surface area contributed by atoms with Crippen molar-refractivity contribution in [1.82, 2.24) is 30.3 Å². The van der Waals surface area contributed by atoms with E-state index in [4.69, 9.17) is 23.7 Å². The van der Waals surface area contributed by atoms with Crippen molar-refractivity contribution in [2.45, 2.75) is 51.8 Å². The van der Waals surface area contributed by atoms with Gasteiger partial charge < -0.3 is 59.9 Å². The Labute approximate surface area is 405 Å². The van der Waals surface area contributed by atoms with Crippen LogP contribution in [0.15, 0.2) is 36.4 Å². The van der Waals surface area contributed by atoms with Gasteiger partial charge in [0.15, 0.2) is 0 Å². The predicted molar refractivity (Wildman–Crippen MR) is 254 cm³/mol. The number of aliphatic hydroxyl groups is 1. The van der Waals surface area contributed by atoms with Gasteiger partial charge in [-0.15, -0.1) is 0 Å². The second-order valence-electron chi connectivity index (χ2n) is 17.3. The molecule has 2 aromatic carbocycles. The van der Waals surface area contributed by atoms with Crippen molar-refractivity contribution in [1.29, 1.82) is 0 Å². The molecular weight excluding hydrogens is 912 g/mol. The van der Waals surface area contributed by atoms with Gasteiger partial charge in [-0.1, -0.05) is 6.07 Å². The normalized spacial score (nSPS) is 18.6. The van der Waals surface area contributed by atoms with Gasteiger partial charge in [0.2, 0.25) is 11.8 Å². The van der Waals surface area contributed by atoms with Crippen LogP contribution in [0.25, 0.3) is 11.6 Å². The highest BCUT2D eigenvalue weighted by Crippen LogP contribution is 2.35. The van der Waals surface area contributed by atoms with Crippen molar-refractivity contribution in [3.05, 3.63) is 81.4 Å². The SMILES string of the molecule is Cc1[nH]c(/C=C2\C(=O)Nc3ccc(F)cc32)c(C)c1C(=O)NCCCN1CCN(C(=O)CCOCCOCCOCCOCCOCCNc2cccc3c2C(=O)N(C2CCC(=O)NC2O)C3=O)CC1. The maximum Gasteiger partial charge on any atom is 0.264 e. The van der Waals surface area contributed by atoms with E-state index in [-0.39, 0.29) is 47.6 Å². The first-order valence-electron chi connectivity index (χ1n) is 23.8. The Morgan fingerprint density at radius 2 is 1.50 bits per heavy atom. The lowest BCUT2D eigenvalue weighted by Crippen LogP contribution is -2.57. The average Bonchev–Trinajstić information content (AvgIpc) is 3.91. The van der Waals surface area contributed by atoms with Crippen molar-refractivity contribution in [3.63, 3.8) is 0 Å². The molecule has 378 valence electrons. The number of piperazine rings is 1. The smallest absolute Gasteiger partial charge is 0.264 e. The van der Waals surface area contributed by atoms with Gasteiger partial charge >= 0.3 is 0 Å². The lowest BCUT2D eigenvalue weighted by Gasteiger charge is -2.34. The number of hydrogen-bond acceptors (Lipinski definition) is 14. The molecule has 0 aliphatic carbocycles. The summed E-state index contributed by atoms with van der Waals surface area (Å²) >= 11 is 0. The van der Waals surface area contributed by atoms with E-state index >= 15 is 0 Å². The third-order valence-corrected chi connectivity index (χ3v) is 12.5. The first-order chi connectivity index (χ1) is 33.9. The van der Waals surface area contributed by atoms with Crippen LogP contribution < -0.4 is 21.3 Å². The van der Waals surface area contributed by atoms with Crippen molar-refractivity contribution in [2.24, 2.45) is 0 Å². The van der Waals surface area contributed by atoms with E-state index in [9.17, 15) is 38.3 Å². The quantitative estimate of drug-likeness (QED) is 0.0385. The average molecular weight is 975 g/mol. The number of piperidine rings is 1. The maximum atomic E-state index is 13.9. The summed E-state index contributed by atoms with van der Waals surface area (Å²) in [6.07, 6.45) is 1.68. The predicted octanol–water partition coefficient (Wildman–Crippen LogP) is 2.31. The van der Waals surface area contributed by atoms with E-state index in [1.807, 2.05) is 11.8 Å². The topological polar surface area (TPSA) is 242 Å². The molecule has 0 bridgehead atoms. The molecule has 0 radical (unpaired) electrons. The molecule has 2 saturated heterocycles. The zero-order valence-corrected chi connectivity index (χ0v) is 39.7. The lowest BCUT2D eigenvalue weighted by atomic mass is 10.0. The number of nitrogens with zero attached hydrogens (tertiary/aromatic N) is 3. The number of carbonyl (C=O) groups is 6. The van der Waals surface area contributed by atoms with Crippen LogP contribution in [0.3, 0.4) is 0 Å². The number of imide groups is 1. The monoisotopic (exact) mass is 974 g/mol. The van der Waals surface area contributed by atoms with Gasteiger partial charge in [0.05, 0.1) is 101 Å². The van der Waals surface area contributed by atoms with Crippen LogP contribution in [-0.4, -0.2) is 184 Å². The number of amides is 6. The minimum absolute atomic E-state index is 0.0541. The first-order valence-corrected chi connectivity index (χ1v) is 23.8. The van der Waals surface area contributed by atoms with E-state index in [2.05, 4.69) is 31.2 Å². The molecule has 2 atom stereocenters. The van der Waals surface area contributed by atoms with E-state index in [1.165, 1.54) is 18.2 Å². The summed E-state index contributed by atoms with van der Waals surface area (Å²) in [5, 5.41) is 21.6. The molecule has 1 aromatic heterocycles. The first kappa shape index (κ1) is 51.8. The number of H-pyrrole nitrogens is 1. The van der Waals surface area contributed by atoms with Crippen molar-refractivity contribution >= 4 is 58.5 Å². The lowest BCUT2D eigenvalue weighted by molar-refractivity contribution is -0.134. The second kappa shape index (κ2) is 25.2. The molecule has 6 amide bonds. The number of anilines is 2. The summed E-state index contributed by atoms with van der Waals surface area (Å²) in [6, 6.07) is 8.27. The Bertz CT molecular complexity index is 2400. The maximum absolute atomic E-state index is 13.9. The Balaban J connectivity index is 0.644. The van der Waals surface area contributed by atoms with Crippen molar-refractivity contribution in [2.75, 3.05) is 123 Å². The van der Waals surface area contributed by atoms with Gasteiger partial charge in [-0.25, -0.2) is 4.39 Å². The molecule has 2 fully saturated rings. The van der Waals surface area contributed by atoms with Gasteiger partial charge in [-0.2, -0.15) is 0 Å². The number of hydrogen-bond donors (Lipinski definition) is 6. The van der Waals surface area contributed by atoms with Crippen LogP contribution in [0.1, 0.15) is 79.3 Å². The molecular formula is C49H63FN8O12.